The molecule has 28 heavy (non-hydrogen) atoms. The Morgan fingerprint density at radius 2 is 1.93 bits per heavy atom. The van der Waals surface area contributed by atoms with Crippen molar-refractivity contribution >= 4 is 16.8 Å². The number of nitrogens with one attached hydrogen (secondary N) is 2. The highest BCUT2D eigenvalue weighted by Gasteiger charge is 2.22. The maximum Gasteiger partial charge on any atom is 0.251 e. The SMILES string of the molecule is O=C(N[C@@H](CO)c1nc(-c2c[nH]c3ccc(F)cc23)no1)c1ccc(F)cc1. The highest BCUT2D eigenvalue weighted by molar-refractivity contribution is 5.94. The number of fused-ring (bicyclic) bond motifs is 1. The number of aromatic amines is 1. The topological polar surface area (TPSA) is 104 Å². The number of aliphatic hydroxyl groups excluding tert-OH is 1. The van der Waals surface area contributed by atoms with Crippen LogP contribution in [0, 0.1) is 11.6 Å². The fourth-order valence-electron chi connectivity index (χ4n) is 2.79. The standard InChI is InChI=1S/C19H14F2N4O3/c20-11-3-1-10(2-4-11)18(27)23-16(9-26)19-24-17(25-28-19)14-8-22-15-6-5-12(21)7-13(14)15/h1-8,16,22,26H,9H2,(H,23,27)/t16-/m0/s1. The summed E-state index contributed by atoms with van der Waals surface area (Å²) in [6, 6.07) is 8.26. The molecule has 2 heterocycles. The smallest absolute Gasteiger partial charge is 0.251 e. The van der Waals surface area contributed by atoms with Crippen molar-refractivity contribution in [1.29, 1.82) is 0 Å². The van der Waals surface area contributed by atoms with Crippen LogP contribution in [0.1, 0.15) is 22.3 Å². The van der Waals surface area contributed by atoms with Gasteiger partial charge in [-0.25, -0.2) is 8.78 Å². The van der Waals surface area contributed by atoms with Gasteiger partial charge in [-0.1, -0.05) is 5.16 Å². The maximum absolute atomic E-state index is 13.5. The lowest BCUT2D eigenvalue weighted by Crippen LogP contribution is -2.31. The summed E-state index contributed by atoms with van der Waals surface area (Å²) in [5.41, 5.74) is 1.43. The summed E-state index contributed by atoms with van der Waals surface area (Å²) in [5.74, 6) is -1.24. The van der Waals surface area contributed by atoms with E-state index in [9.17, 15) is 18.7 Å². The second-order valence-electron chi connectivity index (χ2n) is 6.06. The van der Waals surface area contributed by atoms with Gasteiger partial charge in [0, 0.05) is 28.2 Å². The molecular weight excluding hydrogens is 370 g/mol. The number of aromatic nitrogens is 3. The van der Waals surface area contributed by atoms with Crippen molar-refractivity contribution in [2.75, 3.05) is 6.61 Å². The molecule has 9 heteroatoms. The Labute approximate surface area is 157 Å². The number of rotatable bonds is 5. The molecule has 0 aliphatic heterocycles. The number of H-pyrrole nitrogens is 1. The van der Waals surface area contributed by atoms with Gasteiger partial charge in [0.1, 0.15) is 17.7 Å². The van der Waals surface area contributed by atoms with Crippen molar-refractivity contribution in [3.63, 3.8) is 0 Å². The number of nitrogens with zero attached hydrogens (tertiary/aromatic N) is 2. The normalized spacial score (nSPS) is 12.2. The molecule has 4 rings (SSSR count). The second kappa shape index (κ2) is 7.20. The van der Waals surface area contributed by atoms with Crippen molar-refractivity contribution in [3.05, 3.63) is 71.8 Å². The van der Waals surface area contributed by atoms with Gasteiger partial charge >= 0.3 is 0 Å². The number of benzene rings is 2. The largest absolute Gasteiger partial charge is 0.394 e. The Morgan fingerprint density at radius 3 is 2.68 bits per heavy atom. The third kappa shape index (κ3) is 3.35. The lowest BCUT2D eigenvalue weighted by Gasteiger charge is -2.12. The van der Waals surface area contributed by atoms with E-state index in [-0.39, 0.29) is 17.3 Å². The zero-order valence-corrected chi connectivity index (χ0v) is 14.3. The molecule has 1 atom stereocenters. The number of aliphatic hydroxyl groups is 1. The molecule has 0 aliphatic carbocycles. The maximum atomic E-state index is 13.5. The Balaban J connectivity index is 1.58. The van der Waals surface area contributed by atoms with Crippen molar-refractivity contribution in [2.45, 2.75) is 6.04 Å². The van der Waals surface area contributed by atoms with Gasteiger partial charge < -0.3 is 19.9 Å². The predicted molar refractivity (Wildman–Crippen MR) is 95.2 cm³/mol. The first-order valence-electron chi connectivity index (χ1n) is 8.33. The monoisotopic (exact) mass is 384 g/mol. The van der Waals surface area contributed by atoms with Crippen LogP contribution in [0.25, 0.3) is 22.3 Å². The molecule has 7 nitrogen and oxygen atoms in total. The molecule has 0 saturated carbocycles. The minimum atomic E-state index is -0.958. The van der Waals surface area contributed by atoms with Gasteiger partial charge in [-0.15, -0.1) is 0 Å². The van der Waals surface area contributed by atoms with Crippen molar-refractivity contribution in [1.82, 2.24) is 20.4 Å². The van der Waals surface area contributed by atoms with Crippen LogP contribution in [0.3, 0.4) is 0 Å². The van der Waals surface area contributed by atoms with Crippen molar-refractivity contribution in [2.24, 2.45) is 0 Å². The number of hydrogen-bond donors (Lipinski definition) is 3. The fraction of sp³-hybridized carbons (Fsp3) is 0.105. The minimum Gasteiger partial charge on any atom is -0.394 e. The van der Waals surface area contributed by atoms with E-state index in [1.807, 2.05) is 0 Å². The summed E-state index contributed by atoms with van der Waals surface area (Å²) in [6.07, 6.45) is 1.61. The lowest BCUT2D eigenvalue weighted by molar-refractivity contribution is 0.0901. The van der Waals surface area contributed by atoms with Crippen LogP contribution in [0.4, 0.5) is 8.78 Å². The molecule has 0 saturated heterocycles. The summed E-state index contributed by atoms with van der Waals surface area (Å²) in [4.78, 5) is 19.5. The highest BCUT2D eigenvalue weighted by atomic mass is 19.1. The van der Waals surface area contributed by atoms with E-state index in [1.54, 1.807) is 12.3 Å². The molecule has 0 aliphatic rings. The first-order chi connectivity index (χ1) is 13.5. The molecule has 2 aromatic carbocycles. The summed E-state index contributed by atoms with van der Waals surface area (Å²) in [5, 5.41) is 16.6. The molecule has 0 fully saturated rings. The summed E-state index contributed by atoms with van der Waals surface area (Å²) >= 11 is 0. The highest BCUT2D eigenvalue weighted by Crippen LogP contribution is 2.28. The molecule has 0 unspecified atom stereocenters. The van der Waals surface area contributed by atoms with E-state index in [2.05, 4.69) is 20.4 Å². The number of hydrogen-bond acceptors (Lipinski definition) is 5. The first kappa shape index (κ1) is 17.8. The first-order valence-corrected chi connectivity index (χ1v) is 8.33. The van der Waals surface area contributed by atoms with Crippen molar-refractivity contribution in [3.8, 4) is 11.4 Å². The quantitative estimate of drug-likeness (QED) is 0.491. The van der Waals surface area contributed by atoms with Crippen LogP contribution in [-0.4, -0.2) is 32.7 Å². The minimum absolute atomic E-state index is 0.0151. The van der Waals surface area contributed by atoms with Gasteiger partial charge in [0.15, 0.2) is 0 Å². The van der Waals surface area contributed by atoms with Gasteiger partial charge in [0.25, 0.3) is 11.8 Å². The third-order valence-corrected chi connectivity index (χ3v) is 4.22. The molecule has 142 valence electrons. The van der Waals surface area contributed by atoms with Crippen molar-refractivity contribution < 1.29 is 23.2 Å². The van der Waals surface area contributed by atoms with E-state index in [4.69, 9.17) is 4.52 Å². The van der Waals surface area contributed by atoms with E-state index in [1.165, 1.54) is 24.3 Å². The number of carbonyl (C=O) groups excluding carboxylic acids is 1. The Bertz CT molecular complexity index is 1140. The van der Waals surface area contributed by atoms with Crippen LogP contribution in [0.2, 0.25) is 0 Å². The number of carbonyl (C=O) groups is 1. The van der Waals surface area contributed by atoms with E-state index in [0.29, 0.717) is 16.5 Å². The van der Waals surface area contributed by atoms with Gasteiger partial charge in [-0.3, -0.25) is 4.79 Å². The summed E-state index contributed by atoms with van der Waals surface area (Å²) in [6.45, 7) is -0.489. The molecule has 3 N–H and O–H groups in total. The number of amides is 1. The van der Waals surface area contributed by atoms with Gasteiger partial charge in [-0.2, -0.15) is 4.98 Å². The Morgan fingerprint density at radius 1 is 1.18 bits per heavy atom. The van der Waals surface area contributed by atoms with Crippen LogP contribution < -0.4 is 5.32 Å². The fourth-order valence-corrected chi connectivity index (χ4v) is 2.79. The van der Waals surface area contributed by atoms with E-state index in [0.717, 1.165) is 12.1 Å². The molecule has 0 bridgehead atoms. The predicted octanol–water partition coefficient (Wildman–Crippen LogP) is 2.96. The summed E-state index contributed by atoms with van der Waals surface area (Å²) in [7, 11) is 0. The molecule has 1 amide bonds. The van der Waals surface area contributed by atoms with Crippen LogP contribution in [-0.2, 0) is 0 Å². The number of halogens is 2. The molecule has 0 spiro atoms. The molecule has 2 aromatic heterocycles. The average molecular weight is 384 g/mol. The summed E-state index contributed by atoms with van der Waals surface area (Å²) < 4.78 is 31.7. The third-order valence-electron chi connectivity index (χ3n) is 4.22. The zero-order chi connectivity index (χ0) is 19.7. The second-order valence-corrected chi connectivity index (χ2v) is 6.06. The Hall–Kier alpha value is -3.59. The van der Waals surface area contributed by atoms with Crippen LogP contribution in [0.15, 0.2) is 53.2 Å². The van der Waals surface area contributed by atoms with Gasteiger partial charge in [0.2, 0.25) is 5.82 Å². The van der Waals surface area contributed by atoms with Gasteiger partial charge in [0.05, 0.1) is 6.61 Å². The van der Waals surface area contributed by atoms with Gasteiger partial charge in [-0.05, 0) is 42.5 Å². The Kier molecular flexibility index (Phi) is 4.58. The molecule has 0 radical (unpaired) electrons. The van der Waals surface area contributed by atoms with Crippen LogP contribution >= 0.6 is 0 Å². The average Bonchev–Trinajstić information content (AvgIpc) is 3.33. The van der Waals surface area contributed by atoms with E-state index < -0.39 is 30.2 Å². The lowest BCUT2D eigenvalue weighted by atomic mass is 10.1. The zero-order valence-electron chi connectivity index (χ0n) is 14.3. The van der Waals surface area contributed by atoms with E-state index >= 15 is 0 Å². The molecule has 4 aromatic rings. The van der Waals surface area contributed by atoms with Crippen LogP contribution in [0.5, 0.6) is 0 Å². The molecular formula is C19H14F2N4O3.